The second-order valence-electron chi connectivity index (χ2n) is 22.0. The van der Waals surface area contributed by atoms with Crippen LogP contribution in [0.2, 0.25) is 0 Å². The fourth-order valence-corrected chi connectivity index (χ4v) is 8.73. The molecule has 6 rings (SSSR count). The fourth-order valence-electron chi connectivity index (χ4n) is 8.73. The molecule has 0 bridgehead atoms. The van der Waals surface area contributed by atoms with E-state index < -0.39 is 36.0 Å². The molecule has 3 atom stereocenters. The van der Waals surface area contributed by atoms with Gasteiger partial charge in [0.15, 0.2) is 17.1 Å². The Hall–Kier alpha value is -6.87. The number of imidazole rings is 2. The number of aliphatic hydroxyl groups excluding tert-OH is 2. The van der Waals surface area contributed by atoms with Crippen LogP contribution in [-0.2, 0) is 46.7 Å². The minimum atomic E-state index is -1.00. The van der Waals surface area contributed by atoms with Crippen LogP contribution in [0.15, 0.2) is 57.7 Å². The van der Waals surface area contributed by atoms with E-state index in [0.717, 1.165) is 81.0 Å². The smallest absolute Gasteiger partial charge is 0.338 e. The highest BCUT2D eigenvalue weighted by molar-refractivity contribution is 5.89. The maximum atomic E-state index is 11.7. The minimum Gasteiger partial charge on any atom is -0.480 e. The first-order valence-corrected chi connectivity index (χ1v) is 31.5. The van der Waals surface area contributed by atoms with Gasteiger partial charge in [-0.15, -0.1) is 0 Å². The molecule has 30 nitrogen and oxygen atoms in total. The van der Waals surface area contributed by atoms with Crippen LogP contribution in [0.3, 0.4) is 0 Å². The normalized spacial score (nSPS) is 13.8. The molecule has 30 heteroatoms. The topological polar surface area (TPSA) is 485 Å². The molecule has 2 fully saturated rings. The van der Waals surface area contributed by atoms with E-state index >= 15 is 0 Å². The Morgan fingerprint density at radius 3 is 1.63 bits per heavy atom. The second kappa shape index (κ2) is 52.7. The monoisotopic (exact) mass is 1290 g/mol. The molecule has 91 heavy (non-hydrogen) atoms. The average Bonchev–Trinajstić information content (AvgIpc) is 1.69. The number of aromatic nitrogens is 6. The van der Waals surface area contributed by atoms with Gasteiger partial charge < -0.3 is 100.0 Å². The van der Waals surface area contributed by atoms with Gasteiger partial charge in [0, 0.05) is 83.4 Å². The third-order valence-corrected chi connectivity index (χ3v) is 14.4. The number of nitrogen functional groups attached to an aromatic ring is 1. The molecule has 21 N–H and O–H groups in total. The number of carbonyl (C=O) groups is 4. The summed E-state index contributed by atoms with van der Waals surface area (Å²) >= 11 is 0. The number of nitrogens with two attached hydrogens (primary N) is 7. The molecule has 0 saturated heterocycles. The lowest BCUT2D eigenvalue weighted by atomic mass is 9.91. The van der Waals surface area contributed by atoms with Crippen LogP contribution in [0, 0.1) is 0 Å². The number of carboxylic acid groups (broad SMARTS) is 3. The number of fused-ring (bicyclic) bond motifs is 1. The number of carboxylic acids is 3. The van der Waals surface area contributed by atoms with Crippen molar-refractivity contribution in [1.29, 1.82) is 0 Å². The zero-order chi connectivity index (χ0) is 69.3. The summed E-state index contributed by atoms with van der Waals surface area (Å²) in [6.07, 6.45) is 22.5. The fraction of sp³-hybridized carbons (Fsp3) is 0.689. The number of benzene rings is 1. The van der Waals surface area contributed by atoms with Crippen molar-refractivity contribution in [2.75, 3.05) is 98.6 Å². The molecule has 2 saturated carbocycles. The SMILES string of the molecule is C1CCC(NC2CCCCC2)CC1.CCN(CC)CCO.CCN(CC)CCOC(=O)c1ccc(N)cc1.CN(C)CCO.Cn1c(=O)c2c(ncn2C)n(C)c1=O.NC(N)=NCCCC(N)C(=O)O.NCCCCC(N)C(=O)O.N[C@@H](Cc1cnc[nH]1)C(=O)O. The van der Waals surface area contributed by atoms with Gasteiger partial charge in [0.2, 0.25) is 0 Å². The summed E-state index contributed by atoms with van der Waals surface area (Å²) in [4.78, 5) is 85.9. The van der Waals surface area contributed by atoms with E-state index in [1.807, 2.05) is 19.0 Å². The molecule has 2 aliphatic carbocycles. The number of nitrogens with one attached hydrogen (secondary N) is 2. The third-order valence-electron chi connectivity index (χ3n) is 14.4. The van der Waals surface area contributed by atoms with Gasteiger partial charge in [0.05, 0.1) is 31.4 Å². The summed E-state index contributed by atoms with van der Waals surface area (Å²) in [5.74, 6) is -3.22. The molecule has 3 aromatic heterocycles. The Morgan fingerprint density at radius 2 is 1.22 bits per heavy atom. The molecule has 0 amide bonds. The number of hydrogen-bond donors (Lipinski definition) is 14. The molecule has 0 spiro atoms. The lowest BCUT2D eigenvalue weighted by Crippen LogP contribution is -2.40. The first-order chi connectivity index (χ1) is 43.2. The number of H-pyrrole nitrogens is 1. The Bertz CT molecular complexity index is 2630. The molecule has 0 radical (unpaired) electrons. The van der Waals surface area contributed by atoms with Gasteiger partial charge >= 0.3 is 29.6 Å². The predicted octanol–water partition coefficient (Wildman–Crippen LogP) is 1.18. The molecular formula is C61H116N18O12. The number of likely N-dealkylation sites (N-methyl/N-ethyl adjacent to an activating group) is 3. The van der Waals surface area contributed by atoms with E-state index in [1.54, 1.807) is 49.1 Å². The van der Waals surface area contributed by atoms with E-state index in [9.17, 15) is 28.8 Å². The number of aromatic amines is 1. The highest BCUT2D eigenvalue weighted by atomic mass is 16.5. The summed E-state index contributed by atoms with van der Waals surface area (Å²) in [7, 11) is 8.63. The van der Waals surface area contributed by atoms with E-state index in [-0.39, 0.29) is 42.8 Å². The van der Waals surface area contributed by atoms with E-state index in [0.29, 0.717) is 61.4 Å². The van der Waals surface area contributed by atoms with Crippen molar-refractivity contribution in [2.45, 2.75) is 161 Å². The van der Waals surface area contributed by atoms with Crippen LogP contribution >= 0.6 is 0 Å². The number of anilines is 1. The molecule has 2 aliphatic rings. The number of aliphatic carboxylic acids is 3. The van der Waals surface area contributed by atoms with Crippen molar-refractivity contribution in [3.05, 3.63) is 75.2 Å². The van der Waals surface area contributed by atoms with Crippen molar-refractivity contribution in [1.82, 2.24) is 48.7 Å². The first kappa shape index (κ1) is 86.2. The zero-order valence-corrected chi connectivity index (χ0v) is 55.9. The summed E-state index contributed by atoms with van der Waals surface area (Å²) in [5.41, 5.74) is 38.6. The number of esters is 1. The zero-order valence-electron chi connectivity index (χ0n) is 55.9. The highest BCUT2D eigenvalue weighted by Gasteiger charge is 2.20. The van der Waals surface area contributed by atoms with Gasteiger partial charge in [0.25, 0.3) is 5.56 Å². The van der Waals surface area contributed by atoms with Crippen molar-refractivity contribution in [2.24, 2.45) is 60.5 Å². The quantitative estimate of drug-likeness (QED) is 0.0131. The minimum absolute atomic E-state index is 0.0129. The number of guanidine groups is 1. The van der Waals surface area contributed by atoms with Crippen LogP contribution in [0.25, 0.3) is 11.2 Å². The average molecular weight is 1290 g/mol. The van der Waals surface area contributed by atoms with Gasteiger partial charge in [-0.3, -0.25) is 33.3 Å². The lowest BCUT2D eigenvalue weighted by molar-refractivity contribution is -0.139. The number of ether oxygens (including phenoxy) is 1. The summed E-state index contributed by atoms with van der Waals surface area (Å²) in [6, 6.07) is 6.10. The molecule has 2 unspecified atom stereocenters. The van der Waals surface area contributed by atoms with Crippen molar-refractivity contribution in [3.63, 3.8) is 0 Å². The Kier molecular flexibility index (Phi) is 49.9. The molecule has 0 aliphatic heterocycles. The maximum absolute atomic E-state index is 11.7. The van der Waals surface area contributed by atoms with Crippen LogP contribution in [-0.4, -0.2) is 222 Å². The van der Waals surface area contributed by atoms with E-state index in [1.165, 1.54) is 88.5 Å². The van der Waals surface area contributed by atoms with Gasteiger partial charge in [-0.05, 0) is 122 Å². The number of carbonyl (C=O) groups excluding carboxylic acids is 1. The Morgan fingerprint density at radius 1 is 0.725 bits per heavy atom. The lowest BCUT2D eigenvalue weighted by Gasteiger charge is -2.30. The van der Waals surface area contributed by atoms with Gasteiger partial charge in [-0.2, -0.15) is 0 Å². The highest BCUT2D eigenvalue weighted by Crippen LogP contribution is 2.22. The summed E-state index contributed by atoms with van der Waals surface area (Å²) in [6.45, 7) is 16.7. The number of hydrogen-bond acceptors (Lipinski definition) is 21. The molecule has 1 aromatic carbocycles. The first-order valence-electron chi connectivity index (χ1n) is 31.5. The van der Waals surface area contributed by atoms with Crippen molar-refractivity contribution in [3.8, 4) is 0 Å². The van der Waals surface area contributed by atoms with E-state index in [4.69, 9.17) is 70.4 Å². The maximum Gasteiger partial charge on any atom is 0.338 e. The van der Waals surface area contributed by atoms with Gasteiger partial charge in [-0.25, -0.2) is 19.6 Å². The number of aliphatic imine (C=N–C) groups is 1. The predicted molar refractivity (Wildman–Crippen MR) is 359 cm³/mol. The van der Waals surface area contributed by atoms with Gasteiger partial charge in [0.1, 0.15) is 24.7 Å². The number of unbranched alkanes of at least 4 members (excludes halogenated alkanes) is 1. The van der Waals surface area contributed by atoms with Crippen LogP contribution < -0.4 is 56.7 Å². The Labute approximate surface area is 537 Å². The third kappa shape index (κ3) is 41.3. The largest absolute Gasteiger partial charge is 0.480 e. The molecule has 4 aromatic rings. The molecule has 3 heterocycles. The Balaban J connectivity index is 0. The summed E-state index contributed by atoms with van der Waals surface area (Å²) < 4.78 is 9.22. The number of aryl methyl sites for hydroxylation is 2. The van der Waals surface area contributed by atoms with Gasteiger partial charge in [-0.1, -0.05) is 72.6 Å². The van der Waals surface area contributed by atoms with Crippen LogP contribution in [0.4, 0.5) is 5.69 Å². The molecular weight excluding hydrogens is 1180 g/mol. The van der Waals surface area contributed by atoms with Crippen LogP contribution in [0.1, 0.15) is 140 Å². The number of rotatable bonds is 27. The van der Waals surface area contributed by atoms with Crippen molar-refractivity contribution < 1.29 is 49.4 Å². The standard InChI is InChI=1S/C13H20N2O2.C12H23N.C8H10N4O2.C6H14N4O2.C6H9N3O2.C6H14N2O2.C6H15NO.C4H11NO/c1-3-15(4-2)9-10-17-13(16)11-5-7-12(14)8-6-11;1-3-7-11(8-4-1)13-12-9-5-2-6-10-12;1-10-4-9-6-5(10)7(13)12(3)8(14)11(6)2;7-4(5(11)12)2-1-3-10-6(8)9;7-5(6(10)11)1-4-2-8-3-9-4;7-4-2-1-3-5(8)6(9)10;1-3-7(4-2)5-6-8;1-5(2)3-4-6/h5-8H,3-4,9-10,14H2,1-2H3;11-13H,1-10H2;4H,1-3H3;4H,1-3,7H2,(H,11,12)(H4,8,9,10);2-3,5H,1,7H2,(H,8,9)(H,10,11);5H,1-4,7-8H2,(H,9,10);8H,3-6H2,1-2H3;6H,3-4H2,1-2H3/t;;;;5-;;;/m....0.../s1. The number of nitrogens with zero attached hydrogens (tertiary/aromatic N) is 9. The second-order valence-corrected chi connectivity index (χ2v) is 22.0. The number of aliphatic hydroxyl groups is 2. The summed E-state index contributed by atoms with van der Waals surface area (Å²) in [5, 5.41) is 45.6. The van der Waals surface area contributed by atoms with E-state index in [2.05, 4.69) is 62.8 Å². The van der Waals surface area contributed by atoms with Crippen LogP contribution in [0.5, 0.6) is 0 Å². The van der Waals surface area contributed by atoms with Crippen molar-refractivity contribution >= 4 is 46.7 Å². The molecule has 522 valence electrons.